The van der Waals surface area contributed by atoms with E-state index >= 15 is 0 Å². The van der Waals surface area contributed by atoms with Gasteiger partial charge in [-0.25, -0.2) is 0 Å². The lowest BCUT2D eigenvalue weighted by atomic mass is 9.90. The highest BCUT2D eigenvalue weighted by molar-refractivity contribution is 7.57. The lowest BCUT2D eigenvalue weighted by Gasteiger charge is -2.19. The number of nitrogens with zero attached hydrogens (tertiary/aromatic N) is 1. The summed E-state index contributed by atoms with van der Waals surface area (Å²) in [6.45, 7) is 8.98. The fourth-order valence-corrected chi connectivity index (χ4v) is 4.12. The van der Waals surface area contributed by atoms with E-state index in [-0.39, 0.29) is 38.6 Å². The Morgan fingerprint density at radius 1 is 1.23 bits per heavy atom. The Bertz CT molecular complexity index is 741. The minimum absolute atomic E-state index is 0.0854. The molecule has 0 spiro atoms. The normalized spacial score (nSPS) is 14.0. The number of esters is 1. The maximum absolute atomic E-state index is 12.7. The van der Waals surface area contributed by atoms with Gasteiger partial charge in [0.25, 0.3) is 0 Å². The van der Waals surface area contributed by atoms with Gasteiger partial charge in [0.1, 0.15) is 12.4 Å². The van der Waals surface area contributed by atoms with Gasteiger partial charge in [-0.05, 0) is 44.6 Å². The average molecular weight is 470 g/mol. The third-order valence-electron chi connectivity index (χ3n) is 4.74. The van der Waals surface area contributed by atoms with Crippen LogP contribution in [0.5, 0.6) is 0 Å². The maximum atomic E-state index is 12.7. The Kier molecular flexibility index (Phi) is 12.9. The van der Waals surface area contributed by atoms with E-state index in [0.717, 1.165) is 11.7 Å². The fraction of sp³-hybridized carbons (Fsp3) is 0.609. The number of hydrogen-bond donors (Lipinski definition) is 2. The van der Waals surface area contributed by atoms with Crippen molar-refractivity contribution in [1.82, 2.24) is 0 Å². The van der Waals surface area contributed by atoms with Crippen LogP contribution in [0.2, 0.25) is 5.02 Å². The average Bonchev–Trinajstić information content (AvgIpc) is 2.68. The van der Waals surface area contributed by atoms with E-state index in [1.165, 1.54) is 0 Å². The summed E-state index contributed by atoms with van der Waals surface area (Å²) in [6.07, 6.45) is 2.68. The molecule has 31 heavy (non-hydrogen) atoms. The highest BCUT2D eigenvalue weighted by Crippen LogP contribution is 2.23. The number of Topliss-reactive ketones (excluding diaryl/α,β-unsaturated/α-hetero) is 1. The van der Waals surface area contributed by atoms with Gasteiger partial charge < -0.3 is 16.2 Å². The first-order chi connectivity index (χ1) is 14.6. The lowest BCUT2D eigenvalue weighted by Crippen LogP contribution is -2.34. The van der Waals surface area contributed by atoms with Crippen molar-refractivity contribution in [3.8, 4) is 0 Å². The zero-order valence-corrected chi connectivity index (χ0v) is 20.8. The minimum atomic E-state index is -0.614. The number of amidine groups is 1. The Labute approximate surface area is 192 Å². The van der Waals surface area contributed by atoms with Gasteiger partial charge in [0, 0.05) is 29.7 Å². The van der Waals surface area contributed by atoms with E-state index < -0.39 is 12.0 Å². The molecule has 6 nitrogen and oxygen atoms in total. The largest absolute Gasteiger partial charge is 0.461 e. The standard InChI is InChI=1S/C23H37ClN3O3P/c1-16(2)12-18(23(29)30-14-17-8-5-6-9-19(17)24)13-21(28)20(25)10-7-11-27-22(26)15-31(3)4/h5-6,8-9,16,18,20H,7,10-15,25H2,1-4H3,(H2,26,27)/t18-,20-/m1/s1. The molecule has 0 bridgehead atoms. The van der Waals surface area contributed by atoms with Gasteiger partial charge in [-0.1, -0.05) is 43.6 Å². The van der Waals surface area contributed by atoms with Crippen LogP contribution in [0.15, 0.2) is 29.3 Å². The number of carbonyl (C=O) groups excluding carboxylic acids is 2. The summed E-state index contributed by atoms with van der Waals surface area (Å²) in [6, 6.07) is 6.60. The van der Waals surface area contributed by atoms with Gasteiger partial charge in [0.2, 0.25) is 0 Å². The number of rotatable bonds is 14. The second kappa shape index (κ2) is 14.5. The molecule has 0 amide bonds. The number of nitrogens with two attached hydrogens (primary N) is 2. The Morgan fingerprint density at radius 3 is 2.52 bits per heavy atom. The minimum Gasteiger partial charge on any atom is -0.461 e. The highest BCUT2D eigenvalue weighted by atomic mass is 35.5. The van der Waals surface area contributed by atoms with Crippen molar-refractivity contribution < 1.29 is 14.3 Å². The van der Waals surface area contributed by atoms with E-state index in [9.17, 15) is 9.59 Å². The quantitative estimate of drug-likeness (QED) is 0.139. The maximum Gasteiger partial charge on any atom is 0.309 e. The molecule has 0 heterocycles. The van der Waals surface area contributed by atoms with Crippen LogP contribution >= 0.6 is 19.5 Å². The zero-order chi connectivity index (χ0) is 23.4. The van der Waals surface area contributed by atoms with E-state index in [4.69, 9.17) is 27.8 Å². The number of carbonyl (C=O) groups is 2. The second-order valence-electron chi connectivity index (χ2n) is 8.56. The zero-order valence-electron chi connectivity index (χ0n) is 19.1. The number of benzene rings is 1. The lowest BCUT2D eigenvalue weighted by molar-refractivity contribution is -0.152. The van der Waals surface area contributed by atoms with Gasteiger partial charge in [-0.3, -0.25) is 14.6 Å². The van der Waals surface area contributed by atoms with Crippen LogP contribution in [0, 0.1) is 11.8 Å². The van der Waals surface area contributed by atoms with Crippen LogP contribution in [-0.4, -0.2) is 49.7 Å². The van der Waals surface area contributed by atoms with Crippen molar-refractivity contribution in [3.63, 3.8) is 0 Å². The van der Waals surface area contributed by atoms with E-state index in [2.05, 4.69) is 18.3 Å². The number of halogens is 1. The molecule has 1 aromatic rings. The van der Waals surface area contributed by atoms with Crippen molar-refractivity contribution >= 4 is 37.1 Å². The van der Waals surface area contributed by atoms with Crippen molar-refractivity contribution in [2.45, 2.75) is 52.2 Å². The summed E-state index contributed by atoms with van der Waals surface area (Å²) in [5.41, 5.74) is 12.7. The summed E-state index contributed by atoms with van der Waals surface area (Å²) >= 11 is 6.12. The molecule has 0 fully saturated rings. The van der Waals surface area contributed by atoms with Crippen LogP contribution in [0.4, 0.5) is 0 Å². The molecule has 1 aromatic carbocycles. The first-order valence-electron chi connectivity index (χ1n) is 10.7. The molecule has 0 aliphatic rings. The molecule has 0 aliphatic carbocycles. The summed E-state index contributed by atoms with van der Waals surface area (Å²) < 4.78 is 5.46. The number of ether oxygens (including phenoxy) is 1. The Balaban J connectivity index is 2.56. The molecule has 0 unspecified atom stereocenters. The van der Waals surface area contributed by atoms with Crippen molar-refractivity contribution in [2.24, 2.45) is 28.3 Å². The summed E-state index contributed by atoms with van der Waals surface area (Å²) in [4.78, 5) is 29.6. The topological polar surface area (TPSA) is 108 Å². The van der Waals surface area contributed by atoms with Gasteiger partial charge >= 0.3 is 5.97 Å². The smallest absolute Gasteiger partial charge is 0.309 e. The molecule has 2 atom stereocenters. The molecular weight excluding hydrogens is 433 g/mol. The summed E-state index contributed by atoms with van der Waals surface area (Å²) in [5.74, 6) is -0.107. The number of ketones is 1. The third-order valence-corrected chi connectivity index (χ3v) is 6.07. The first kappa shape index (κ1) is 27.5. The van der Waals surface area contributed by atoms with E-state index in [0.29, 0.717) is 36.7 Å². The van der Waals surface area contributed by atoms with Gasteiger partial charge in [-0.15, -0.1) is 7.92 Å². The molecule has 1 rings (SSSR count). The number of aliphatic imine (C=N–C) groups is 1. The molecule has 0 radical (unpaired) electrons. The summed E-state index contributed by atoms with van der Waals surface area (Å²) in [7, 11) is -0.113. The van der Waals surface area contributed by atoms with Crippen LogP contribution in [0.3, 0.4) is 0 Å². The molecule has 174 valence electrons. The molecule has 0 saturated carbocycles. The molecular formula is C23H37ClN3O3P. The predicted molar refractivity (Wildman–Crippen MR) is 131 cm³/mol. The van der Waals surface area contributed by atoms with Crippen LogP contribution < -0.4 is 11.5 Å². The monoisotopic (exact) mass is 469 g/mol. The van der Waals surface area contributed by atoms with Gasteiger partial charge in [0.15, 0.2) is 0 Å². The van der Waals surface area contributed by atoms with E-state index in [1.54, 1.807) is 6.07 Å². The SMILES string of the molecule is CC(C)C[C@H](CC(=O)[C@H](N)CCCN=C(N)CP(C)C)C(=O)OCc1ccccc1Cl. The molecule has 0 aliphatic heterocycles. The first-order valence-corrected chi connectivity index (χ1v) is 13.5. The molecule has 8 heteroatoms. The third kappa shape index (κ3) is 11.6. The van der Waals surface area contributed by atoms with Crippen molar-refractivity contribution in [1.29, 1.82) is 0 Å². The van der Waals surface area contributed by atoms with Crippen LogP contribution in [0.1, 0.15) is 45.1 Å². The van der Waals surface area contributed by atoms with Crippen LogP contribution in [0.25, 0.3) is 0 Å². The molecule has 4 N–H and O–H groups in total. The van der Waals surface area contributed by atoms with Gasteiger partial charge in [0.05, 0.1) is 17.8 Å². The van der Waals surface area contributed by atoms with Crippen molar-refractivity contribution in [3.05, 3.63) is 34.9 Å². The van der Waals surface area contributed by atoms with Crippen LogP contribution in [-0.2, 0) is 20.9 Å². The fourth-order valence-electron chi connectivity index (χ4n) is 3.18. The molecule has 0 aromatic heterocycles. The highest BCUT2D eigenvalue weighted by Gasteiger charge is 2.27. The second-order valence-corrected chi connectivity index (χ2v) is 11.4. The predicted octanol–water partition coefficient (Wildman–Crippen LogP) is 4.21. The van der Waals surface area contributed by atoms with E-state index in [1.807, 2.05) is 32.0 Å². The van der Waals surface area contributed by atoms with Gasteiger partial charge in [-0.2, -0.15) is 0 Å². The number of hydrogen-bond acceptors (Lipinski definition) is 5. The Morgan fingerprint density at radius 2 is 1.90 bits per heavy atom. The van der Waals surface area contributed by atoms with Crippen molar-refractivity contribution in [2.75, 3.05) is 26.0 Å². The molecule has 0 saturated heterocycles. The Hall–Kier alpha value is -1.49. The summed E-state index contributed by atoms with van der Waals surface area (Å²) in [5, 5.41) is 0.548.